The molecular weight excluding hydrogens is 328 g/mol. The molecule has 0 fully saturated rings. The maximum absolute atomic E-state index is 12.8. The number of halogens is 1. The Labute approximate surface area is 145 Å². The van der Waals surface area contributed by atoms with Gasteiger partial charge in [0.1, 0.15) is 11.8 Å². The average Bonchev–Trinajstić information content (AvgIpc) is 2.81. The zero-order valence-corrected chi connectivity index (χ0v) is 14.1. The second-order valence-electron chi connectivity index (χ2n) is 5.61. The highest BCUT2D eigenvalue weighted by Crippen LogP contribution is 2.39. The number of hydrogen-bond acceptors (Lipinski definition) is 3. The minimum absolute atomic E-state index is 0.164. The van der Waals surface area contributed by atoms with Gasteiger partial charge in [0.05, 0.1) is 19.3 Å². The van der Waals surface area contributed by atoms with E-state index in [1.165, 1.54) is 6.92 Å². The largest absolute Gasteiger partial charge is 0.497 e. The van der Waals surface area contributed by atoms with E-state index in [2.05, 4.69) is 5.32 Å². The molecule has 0 saturated heterocycles. The third kappa shape index (κ3) is 3.08. The van der Waals surface area contributed by atoms with Crippen molar-refractivity contribution in [1.29, 1.82) is 0 Å². The summed E-state index contributed by atoms with van der Waals surface area (Å²) in [5.74, 6) is 0.226. The van der Waals surface area contributed by atoms with Crippen LogP contribution in [0.4, 0.5) is 5.69 Å². The number of fused-ring (bicyclic) bond motifs is 1. The van der Waals surface area contributed by atoms with Gasteiger partial charge in [0.2, 0.25) is 5.91 Å². The number of carbonyl (C=O) groups is 2. The Morgan fingerprint density at radius 1 is 1.25 bits per heavy atom. The molecular formula is C18H17ClN2O3. The molecule has 1 aliphatic heterocycles. The summed E-state index contributed by atoms with van der Waals surface area (Å²) in [6.07, 6.45) is 0. The van der Waals surface area contributed by atoms with Crippen LogP contribution in [0.25, 0.3) is 0 Å². The van der Waals surface area contributed by atoms with Gasteiger partial charge in [-0.1, -0.05) is 23.7 Å². The fraction of sp³-hybridized carbons (Fsp3) is 0.222. The van der Waals surface area contributed by atoms with Crippen LogP contribution in [0, 0.1) is 0 Å². The van der Waals surface area contributed by atoms with Gasteiger partial charge in [-0.2, -0.15) is 0 Å². The maximum atomic E-state index is 12.8. The topological polar surface area (TPSA) is 58.6 Å². The van der Waals surface area contributed by atoms with E-state index in [4.69, 9.17) is 16.3 Å². The molecule has 1 N–H and O–H groups in total. The van der Waals surface area contributed by atoms with Crippen molar-refractivity contribution in [3.63, 3.8) is 0 Å². The number of benzene rings is 2. The van der Waals surface area contributed by atoms with Crippen LogP contribution in [0.2, 0.25) is 5.02 Å². The Balaban J connectivity index is 1.97. The van der Waals surface area contributed by atoms with Gasteiger partial charge in [-0.3, -0.25) is 9.59 Å². The fourth-order valence-electron chi connectivity index (χ4n) is 2.82. The number of rotatable bonds is 4. The van der Waals surface area contributed by atoms with Crippen LogP contribution < -0.4 is 15.0 Å². The summed E-state index contributed by atoms with van der Waals surface area (Å²) >= 11 is 5.91. The van der Waals surface area contributed by atoms with Crippen molar-refractivity contribution >= 4 is 29.1 Å². The quantitative estimate of drug-likeness (QED) is 0.927. The lowest BCUT2D eigenvalue weighted by Gasteiger charge is -2.18. The molecule has 3 rings (SSSR count). The van der Waals surface area contributed by atoms with Gasteiger partial charge >= 0.3 is 0 Å². The summed E-state index contributed by atoms with van der Waals surface area (Å²) in [7, 11) is 1.57. The van der Waals surface area contributed by atoms with Crippen molar-refractivity contribution in [2.45, 2.75) is 19.5 Å². The predicted octanol–water partition coefficient (Wildman–Crippen LogP) is 3.07. The number of ether oxygens (including phenoxy) is 1. The van der Waals surface area contributed by atoms with Gasteiger partial charge in [0.15, 0.2) is 0 Å². The molecule has 0 unspecified atom stereocenters. The molecule has 0 spiro atoms. The first-order chi connectivity index (χ1) is 11.5. The van der Waals surface area contributed by atoms with Gasteiger partial charge in [0, 0.05) is 17.5 Å². The lowest BCUT2D eigenvalue weighted by atomic mass is 10.1. The van der Waals surface area contributed by atoms with Gasteiger partial charge in [0.25, 0.3) is 5.91 Å². The van der Waals surface area contributed by atoms with Crippen molar-refractivity contribution < 1.29 is 14.3 Å². The Hall–Kier alpha value is -2.53. The number of nitrogens with zero attached hydrogens (tertiary/aromatic N) is 1. The van der Waals surface area contributed by atoms with E-state index in [0.717, 1.165) is 16.8 Å². The van der Waals surface area contributed by atoms with E-state index in [0.29, 0.717) is 17.3 Å². The van der Waals surface area contributed by atoms with Gasteiger partial charge < -0.3 is 15.0 Å². The molecule has 6 heteroatoms. The monoisotopic (exact) mass is 344 g/mol. The highest BCUT2D eigenvalue weighted by atomic mass is 35.5. The number of methoxy groups -OCH3 is 1. The highest BCUT2D eigenvalue weighted by molar-refractivity contribution is 6.30. The zero-order valence-electron chi connectivity index (χ0n) is 13.4. The molecule has 24 heavy (non-hydrogen) atoms. The molecule has 0 aromatic heterocycles. The molecule has 0 aliphatic carbocycles. The fourth-order valence-corrected chi connectivity index (χ4v) is 2.95. The van der Waals surface area contributed by atoms with Crippen LogP contribution in [0.5, 0.6) is 5.75 Å². The van der Waals surface area contributed by atoms with Gasteiger partial charge in [-0.15, -0.1) is 0 Å². The Bertz CT molecular complexity index is 789. The first-order valence-electron chi connectivity index (χ1n) is 7.50. The lowest BCUT2D eigenvalue weighted by Crippen LogP contribution is -2.36. The molecule has 0 radical (unpaired) electrons. The Morgan fingerprint density at radius 2 is 1.96 bits per heavy atom. The second kappa shape index (κ2) is 6.53. The summed E-state index contributed by atoms with van der Waals surface area (Å²) in [6, 6.07) is 12.1. The number of anilines is 1. The Kier molecular flexibility index (Phi) is 4.44. The predicted molar refractivity (Wildman–Crippen MR) is 92.2 cm³/mol. The smallest absolute Gasteiger partial charge is 0.254 e. The third-order valence-corrected chi connectivity index (χ3v) is 4.20. The first-order valence-corrected chi connectivity index (χ1v) is 7.88. The number of carbonyl (C=O) groups excluding carboxylic acids is 2. The van der Waals surface area contributed by atoms with Gasteiger partial charge in [-0.05, 0) is 35.9 Å². The van der Waals surface area contributed by atoms with Crippen molar-refractivity contribution in [3.8, 4) is 5.75 Å². The van der Waals surface area contributed by atoms with Gasteiger partial charge in [-0.25, -0.2) is 0 Å². The molecule has 0 saturated carbocycles. The molecule has 2 aromatic rings. The first kappa shape index (κ1) is 16.3. The molecule has 1 aliphatic rings. The van der Waals surface area contributed by atoms with Crippen LogP contribution in [0.3, 0.4) is 0 Å². The average molecular weight is 345 g/mol. The maximum Gasteiger partial charge on any atom is 0.254 e. The van der Waals surface area contributed by atoms with E-state index < -0.39 is 6.04 Å². The third-order valence-electron chi connectivity index (χ3n) is 3.95. The van der Waals surface area contributed by atoms with E-state index >= 15 is 0 Å². The van der Waals surface area contributed by atoms with Crippen molar-refractivity contribution in [3.05, 3.63) is 58.6 Å². The number of hydrogen-bond donors (Lipinski definition) is 1. The van der Waals surface area contributed by atoms with Crippen molar-refractivity contribution in [2.75, 3.05) is 12.0 Å². The van der Waals surface area contributed by atoms with Crippen LogP contribution in [-0.4, -0.2) is 18.9 Å². The minimum atomic E-state index is -0.695. The molecule has 124 valence electrons. The van der Waals surface area contributed by atoms with Crippen LogP contribution >= 0.6 is 11.6 Å². The van der Waals surface area contributed by atoms with E-state index in [1.807, 2.05) is 18.2 Å². The molecule has 0 bridgehead atoms. The van der Waals surface area contributed by atoms with Crippen LogP contribution in [-0.2, 0) is 16.1 Å². The van der Waals surface area contributed by atoms with Crippen molar-refractivity contribution in [2.24, 2.45) is 0 Å². The molecule has 5 nitrogen and oxygen atoms in total. The van der Waals surface area contributed by atoms with E-state index in [-0.39, 0.29) is 11.8 Å². The van der Waals surface area contributed by atoms with Crippen molar-refractivity contribution in [1.82, 2.24) is 5.32 Å². The Morgan fingerprint density at radius 3 is 2.58 bits per heavy atom. The van der Waals surface area contributed by atoms with Crippen LogP contribution in [0.15, 0.2) is 42.5 Å². The summed E-state index contributed by atoms with van der Waals surface area (Å²) < 4.78 is 5.24. The number of amides is 2. The number of nitrogens with one attached hydrogen (secondary N) is 1. The van der Waals surface area contributed by atoms with E-state index in [9.17, 15) is 9.59 Å². The minimum Gasteiger partial charge on any atom is -0.497 e. The highest BCUT2D eigenvalue weighted by Gasteiger charge is 2.38. The van der Waals surface area contributed by atoms with E-state index in [1.54, 1.807) is 36.3 Å². The second-order valence-corrected chi connectivity index (χ2v) is 6.05. The SMILES string of the molecule is COc1ccc2c(c1)[C@@H](NC(C)=O)C(=O)N2Cc1ccc(Cl)cc1. The summed E-state index contributed by atoms with van der Waals surface area (Å²) in [5, 5.41) is 3.36. The molecule has 1 atom stereocenters. The van der Waals surface area contributed by atoms with Crippen LogP contribution in [0.1, 0.15) is 24.1 Å². The summed E-state index contributed by atoms with van der Waals surface area (Å²) in [4.78, 5) is 26.0. The normalized spacial score (nSPS) is 16.0. The molecule has 2 amide bonds. The lowest BCUT2D eigenvalue weighted by molar-refractivity contribution is -0.126. The molecule has 2 aromatic carbocycles. The standard InChI is InChI=1S/C18H17ClN2O3/c1-11(22)20-17-15-9-14(24-2)7-8-16(15)21(18(17)23)10-12-3-5-13(19)6-4-12/h3-9,17H,10H2,1-2H3,(H,20,22)/t17-/m1/s1. The zero-order chi connectivity index (χ0) is 17.3. The molecule has 1 heterocycles. The summed E-state index contributed by atoms with van der Waals surface area (Å²) in [5.41, 5.74) is 2.47. The summed E-state index contributed by atoms with van der Waals surface area (Å²) in [6.45, 7) is 1.81.